The van der Waals surface area contributed by atoms with Crippen LogP contribution in [0.3, 0.4) is 0 Å². The van der Waals surface area contributed by atoms with Crippen LogP contribution in [-0.4, -0.2) is 61.6 Å². The van der Waals surface area contributed by atoms with Crippen LogP contribution in [0, 0.1) is 10.8 Å². The molecule has 10 heteroatoms. The number of carboxylic acid groups (broad SMARTS) is 1. The maximum absolute atomic E-state index is 13.2. The minimum atomic E-state index is -3.69. The molecule has 0 aromatic heterocycles. The molecule has 1 aliphatic rings. The molecule has 40 heavy (non-hydrogen) atoms. The molecule has 1 saturated heterocycles. The molecule has 1 amide bonds. The van der Waals surface area contributed by atoms with E-state index in [0.29, 0.717) is 24.1 Å². The highest BCUT2D eigenvalue weighted by Gasteiger charge is 2.53. The first kappa shape index (κ1) is 28.8. The monoisotopic (exact) mass is 563 g/mol. The summed E-state index contributed by atoms with van der Waals surface area (Å²) in [6, 6.07) is 21.0. The summed E-state index contributed by atoms with van der Waals surface area (Å²) < 4.78 is 31.4. The molecule has 0 unspecified atom stereocenters. The number of sulfone groups is 1. The number of aryl methyl sites for hydroxylation is 1. The number of rotatable bonds is 11. The van der Waals surface area contributed by atoms with Gasteiger partial charge in [-0.15, -0.1) is 0 Å². The third-order valence-corrected chi connectivity index (χ3v) is 8.42. The van der Waals surface area contributed by atoms with Crippen LogP contribution >= 0.6 is 0 Å². The van der Waals surface area contributed by atoms with Crippen LogP contribution in [0.5, 0.6) is 5.75 Å². The summed E-state index contributed by atoms with van der Waals surface area (Å²) in [5.74, 6) is -1.59. The van der Waals surface area contributed by atoms with Crippen molar-refractivity contribution >= 4 is 27.5 Å². The lowest BCUT2D eigenvalue weighted by molar-refractivity contribution is -0.155. The Bertz CT molecular complexity index is 1520. The molecule has 210 valence electrons. The van der Waals surface area contributed by atoms with E-state index in [2.05, 4.69) is 0 Å². The Kier molecular flexibility index (Phi) is 8.29. The Hall–Kier alpha value is -4.18. The van der Waals surface area contributed by atoms with E-state index < -0.39 is 33.2 Å². The number of hydrogen-bond acceptors (Lipinski definition) is 6. The largest absolute Gasteiger partial charge is 0.490 e. The lowest BCUT2D eigenvalue weighted by Gasteiger charge is -2.25. The first-order valence-electron chi connectivity index (χ1n) is 12.9. The molecular weight excluding hydrogens is 530 g/mol. The van der Waals surface area contributed by atoms with Crippen LogP contribution in [0.1, 0.15) is 30.9 Å². The molecule has 1 fully saturated rings. The van der Waals surface area contributed by atoms with Crippen molar-refractivity contribution in [1.29, 1.82) is 5.41 Å². The van der Waals surface area contributed by atoms with E-state index in [4.69, 9.17) is 15.9 Å². The molecule has 1 aliphatic heterocycles. The molecule has 1 heterocycles. The maximum Gasteiger partial charge on any atom is 0.319 e. The van der Waals surface area contributed by atoms with Crippen molar-refractivity contribution in [3.63, 3.8) is 0 Å². The van der Waals surface area contributed by atoms with E-state index in [1.165, 1.54) is 13.0 Å². The molecule has 0 saturated carbocycles. The van der Waals surface area contributed by atoms with Crippen molar-refractivity contribution < 1.29 is 27.9 Å². The smallest absolute Gasteiger partial charge is 0.319 e. The molecule has 4 N–H and O–H groups in total. The lowest BCUT2D eigenvalue weighted by Crippen LogP contribution is -2.41. The molecule has 0 bridgehead atoms. The molecule has 0 aliphatic carbocycles. The topological polar surface area (TPSA) is 151 Å². The number of nitrogens with zero attached hydrogens (tertiary/aromatic N) is 1. The van der Waals surface area contributed by atoms with Gasteiger partial charge in [-0.25, -0.2) is 8.42 Å². The van der Waals surface area contributed by atoms with E-state index in [1.807, 2.05) is 30.3 Å². The molecule has 9 nitrogen and oxygen atoms in total. The second kappa shape index (κ2) is 11.5. The third-order valence-electron chi connectivity index (χ3n) is 7.30. The van der Waals surface area contributed by atoms with Gasteiger partial charge in [-0.2, -0.15) is 0 Å². The second-order valence-corrected chi connectivity index (χ2v) is 12.3. The summed E-state index contributed by atoms with van der Waals surface area (Å²) in [7, 11) is -3.69. The predicted octanol–water partition coefficient (Wildman–Crippen LogP) is 3.74. The van der Waals surface area contributed by atoms with Crippen LogP contribution in [0.2, 0.25) is 0 Å². The van der Waals surface area contributed by atoms with E-state index >= 15 is 0 Å². The maximum atomic E-state index is 13.2. The summed E-state index contributed by atoms with van der Waals surface area (Å²) in [4.78, 5) is 26.8. The van der Waals surface area contributed by atoms with Gasteiger partial charge in [-0.05, 0) is 55.0 Å². The Morgan fingerprint density at radius 1 is 1.10 bits per heavy atom. The van der Waals surface area contributed by atoms with Gasteiger partial charge in [-0.3, -0.25) is 15.0 Å². The van der Waals surface area contributed by atoms with Crippen molar-refractivity contribution in [3.8, 4) is 16.9 Å². The van der Waals surface area contributed by atoms with Crippen LogP contribution in [0.4, 0.5) is 0 Å². The van der Waals surface area contributed by atoms with Crippen molar-refractivity contribution in [3.05, 3.63) is 83.9 Å². The highest BCUT2D eigenvalue weighted by Crippen LogP contribution is 2.38. The van der Waals surface area contributed by atoms with Crippen LogP contribution < -0.4 is 10.5 Å². The molecule has 3 aromatic carbocycles. The quantitative estimate of drug-likeness (QED) is 0.183. The fraction of sp³-hybridized carbons (Fsp3) is 0.300. The first-order chi connectivity index (χ1) is 18.9. The Morgan fingerprint density at radius 2 is 1.75 bits per heavy atom. The summed E-state index contributed by atoms with van der Waals surface area (Å²) in [6.45, 7) is 1.74. The highest BCUT2D eigenvalue weighted by atomic mass is 32.2. The Balaban J connectivity index is 1.55. The molecule has 3 aromatic rings. The fourth-order valence-electron chi connectivity index (χ4n) is 4.99. The SMILES string of the molecule is C[C@]1(C(=O)O)C[C@@H](COc2ccc(-c3ccc(C(=N)N)cc3)cc2S(C)(=O)=O)N(CCCc2ccccc2)C1=O. The number of aliphatic carboxylic acids is 1. The van der Waals surface area contributed by atoms with Crippen molar-refractivity contribution in [1.82, 2.24) is 4.90 Å². The average Bonchev–Trinajstić information content (AvgIpc) is 3.17. The summed E-state index contributed by atoms with van der Waals surface area (Å²) >= 11 is 0. The second-order valence-electron chi connectivity index (χ2n) is 10.3. The van der Waals surface area contributed by atoms with Gasteiger partial charge in [0, 0.05) is 18.4 Å². The first-order valence-corrected chi connectivity index (χ1v) is 14.8. The van der Waals surface area contributed by atoms with Crippen LogP contribution in [-0.2, 0) is 25.8 Å². The predicted molar refractivity (Wildman–Crippen MR) is 152 cm³/mol. The third kappa shape index (κ3) is 6.17. The normalized spacial score (nSPS) is 19.0. The van der Waals surface area contributed by atoms with Crippen molar-refractivity contribution in [2.45, 2.75) is 37.1 Å². The molecule has 0 radical (unpaired) electrons. The Morgan fingerprint density at radius 3 is 2.35 bits per heavy atom. The number of amidine groups is 1. The number of likely N-dealkylation sites (tertiary alicyclic amines) is 1. The molecule has 2 atom stereocenters. The Labute approximate surface area is 234 Å². The zero-order chi connectivity index (χ0) is 29.1. The summed E-state index contributed by atoms with van der Waals surface area (Å²) in [6.07, 6.45) is 2.53. The minimum absolute atomic E-state index is 0.0124. The van der Waals surface area contributed by atoms with E-state index in [9.17, 15) is 23.1 Å². The fourth-order valence-corrected chi connectivity index (χ4v) is 5.82. The van der Waals surface area contributed by atoms with Gasteiger partial charge in [-0.1, -0.05) is 60.7 Å². The molecular formula is C30H33N3O6S. The van der Waals surface area contributed by atoms with E-state index in [0.717, 1.165) is 23.8 Å². The van der Waals surface area contributed by atoms with Crippen molar-refractivity contribution in [2.24, 2.45) is 11.1 Å². The van der Waals surface area contributed by atoms with E-state index in [-0.39, 0.29) is 29.5 Å². The average molecular weight is 564 g/mol. The van der Waals surface area contributed by atoms with Gasteiger partial charge >= 0.3 is 5.97 Å². The van der Waals surface area contributed by atoms with Gasteiger partial charge < -0.3 is 20.5 Å². The summed E-state index contributed by atoms with van der Waals surface area (Å²) in [5.41, 5.74) is 7.01. The number of hydrogen-bond donors (Lipinski definition) is 3. The van der Waals surface area contributed by atoms with Gasteiger partial charge in [0.25, 0.3) is 0 Å². The number of amides is 1. The number of carbonyl (C=O) groups is 2. The van der Waals surface area contributed by atoms with E-state index in [1.54, 1.807) is 41.3 Å². The molecule has 4 rings (SSSR count). The summed E-state index contributed by atoms with van der Waals surface area (Å²) in [5, 5.41) is 17.4. The number of carbonyl (C=O) groups excluding carboxylic acids is 1. The van der Waals surface area contributed by atoms with Gasteiger partial charge in [0.2, 0.25) is 5.91 Å². The van der Waals surface area contributed by atoms with Gasteiger partial charge in [0.05, 0.1) is 6.04 Å². The molecule has 0 spiro atoms. The minimum Gasteiger partial charge on any atom is -0.490 e. The van der Waals surface area contributed by atoms with Crippen molar-refractivity contribution in [2.75, 3.05) is 19.4 Å². The number of carboxylic acids is 1. The zero-order valence-corrected chi connectivity index (χ0v) is 23.3. The lowest BCUT2D eigenvalue weighted by atomic mass is 9.87. The number of nitrogens with two attached hydrogens (primary N) is 1. The number of ether oxygens (including phenoxy) is 1. The standard InChI is InChI=1S/C30H33N3O6S/c1-30(29(35)36)18-24(33(28(30)34)16-6-9-20-7-4-3-5-8-20)19-39-25-15-14-23(17-26(25)40(2,37)38)21-10-12-22(13-11-21)27(31)32/h3-5,7-8,10-15,17,24H,6,9,16,18-19H2,1-2H3,(H3,31,32)(H,35,36)/t24-,30-/m0/s1. The van der Waals surface area contributed by atoms with Crippen LogP contribution in [0.25, 0.3) is 11.1 Å². The van der Waals surface area contributed by atoms with Gasteiger partial charge in [0.15, 0.2) is 9.84 Å². The van der Waals surface area contributed by atoms with Gasteiger partial charge in [0.1, 0.15) is 28.5 Å². The number of nitrogens with one attached hydrogen (secondary N) is 1. The van der Waals surface area contributed by atoms with Crippen LogP contribution in [0.15, 0.2) is 77.7 Å². The number of benzene rings is 3. The zero-order valence-electron chi connectivity index (χ0n) is 22.5. The number of nitrogen functional groups attached to an aromatic ring is 1. The highest BCUT2D eigenvalue weighted by molar-refractivity contribution is 7.90.